The second-order valence-corrected chi connectivity index (χ2v) is 7.69. The molecule has 1 fully saturated rings. The molecule has 2 aromatic rings. The van der Waals surface area contributed by atoms with Gasteiger partial charge in [-0.3, -0.25) is 4.79 Å². The van der Waals surface area contributed by atoms with E-state index in [2.05, 4.69) is 33.4 Å². The van der Waals surface area contributed by atoms with Crippen molar-refractivity contribution < 1.29 is 4.74 Å². The highest BCUT2D eigenvalue weighted by molar-refractivity contribution is 5.38. The highest BCUT2D eigenvalue weighted by Crippen LogP contribution is 2.26. The van der Waals surface area contributed by atoms with E-state index in [1.807, 2.05) is 0 Å². The molecule has 2 aliphatic rings. The number of benzene rings is 1. The van der Waals surface area contributed by atoms with E-state index in [9.17, 15) is 4.79 Å². The third-order valence-electron chi connectivity index (χ3n) is 5.83. The molecule has 1 aliphatic heterocycles. The first-order valence-corrected chi connectivity index (χ1v) is 9.82. The molecule has 0 bridgehead atoms. The van der Waals surface area contributed by atoms with Crippen LogP contribution in [0.3, 0.4) is 0 Å². The van der Waals surface area contributed by atoms with Crippen LogP contribution in [0.15, 0.2) is 35.4 Å². The predicted octanol–water partition coefficient (Wildman–Crippen LogP) is 1.90. The fourth-order valence-electron chi connectivity index (χ4n) is 4.34. The van der Waals surface area contributed by atoms with E-state index in [1.54, 1.807) is 31.1 Å². The van der Waals surface area contributed by atoms with Crippen molar-refractivity contribution in [1.82, 2.24) is 14.9 Å². The molecule has 2 heterocycles. The number of hydrogen-bond acceptors (Lipinski definition) is 5. The van der Waals surface area contributed by atoms with E-state index in [1.165, 1.54) is 11.1 Å². The highest BCUT2D eigenvalue weighted by Gasteiger charge is 2.26. The SMILES string of the molecule is COc1ccc2c(c1)C[C@@H](N[C@@H]1CCCN(c3nccn(C)c3=O)C1)CC2. The number of aromatic nitrogens is 2. The zero-order valence-electron chi connectivity index (χ0n) is 16.1. The van der Waals surface area contributed by atoms with Gasteiger partial charge in [0.05, 0.1) is 7.11 Å². The molecule has 144 valence electrons. The van der Waals surface area contributed by atoms with Crippen LogP contribution in [-0.2, 0) is 19.9 Å². The van der Waals surface area contributed by atoms with Crippen LogP contribution in [0.2, 0.25) is 0 Å². The first-order valence-electron chi connectivity index (χ1n) is 9.82. The van der Waals surface area contributed by atoms with E-state index < -0.39 is 0 Å². The van der Waals surface area contributed by atoms with Crippen molar-refractivity contribution in [3.63, 3.8) is 0 Å². The van der Waals surface area contributed by atoms with Crippen molar-refractivity contribution >= 4 is 5.82 Å². The number of hydrogen-bond donors (Lipinski definition) is 1. The number of fused-ring (bicyclic) bond motifs is 1. The Labute approximate surface area is 160 Å². The van der Waals surface area contributed by atoms with Gasteiger partial charge in [-0.25, -0.2) is 4.98 Å². The maximum atomic E-state index is 12.4. The van der Waals surface area contributed by atoms with Gasteiger partial charge in [0.1, 0.15) is 5.75 Å². The third-order valence-corrected chi connectivity index (χ3v) is 5.83. The molecule has 0 amide bonds. The van der Waals surface area contributed by atoms with Gasteiger partial charge in [0.2, 0.25) is 0 Å². The quantitative estimate of drug-likeness (QED) is 0.893. The molecular formula is C21H28N4O2. The molecule has 4 rings (SSSR count). The number of anilines is 1. The Bertz CT molecular complexity index is 864. The summed E-state index contributed by atoms with van der Waals surface area (Å²) in [6.45, 7) is 1.74. The zero-order valence-corrected chi connectivity index (χ0v) is 16.1. The Kier molecular flexibility index (Phi) is 5.16. The summed E-state index contributed by atoms with van der Waals surface area (Å²) in [6, 6.07) is 7.29. The number of ether oxygens (including phenoxy) is 1. The summed E-state index contributed by atoms with van der Waals surface area (Å²) in [5, 5.41) is 3.85. The number of nitrogens with zero attached hydrogens (tertiary/aromatic N) is 3. The minimum Gasteiger partial charge on any atom is -0.497 e. The van der Waals surface area contributed by atoms with Gasteiger partial charge < -0.3 is 19.5 Å². The fourth-order valence-corrected chi connectivity index (χ4v) is 4.34. The van der Waals surface area contributed by atoms with Gasteiger partial charge in [0, 0.05) is 44.6 Å². The predicted molar refractivity (Wildman–Crippen MR) is 107 cm³/mol. The Hall–Kier alpha value is -2.34. The molecule has 0 saturated carbocycles. The number of nitrogens with one attached hydrogen (secondary N) is 1. The van der Waals surface area contributed by atoms with Crippen molar-refractivity contribution in [2.75, 3.05) is 25.1 Å². The molecule has 2 atom stereocenters. The van der Waals surface area contributed by atoms with E-state index in [-0.39, 0.29) is 5.56 Å². The number of methoxy groups -OCH3 is 1. The molecule has 0 radical (unpaired) electrons. The lowest BCUT2D eigenvalue weighted by molar-refractivity contribution is 0.349. The van der Waals surface area contributed by atoms with Crippen molar-refractivity contribution in [2.45, 2.75) is 44.2 Å². The van der Waals surface area contributed by atoms with Crippen LogP contribution in [0, 0.1) is 0 Å². The first kappa shape index (κ1) is 18.0. The molecule has 1 N–H and O–H groups in total. The maximum absolute atomic E-state index is 12.4. The lowest BCUT2D eigenvalue weighted by Gasteiger charge is -2.37. The minimum atomic E-state index is -0.0168. The Balaban J connectivity index is 1.42. The van der Waals surface area contributed by atoms with Crippen molar-refractivity contribution in [3.8, 4) is 5.75 Å². The van der Waals surface area contributed by atoms with Crippen molar-refractivity contribution in [2.24, 2.45) is 7.05 Å². The van der Waals surface area contributed by atoms with Gasteiger partial charge in [-0.15, -0.1) is 0 Å². The third kappa shape index (κ3) is 3.86. The first-order chi connectivity index (χ1) is 13.1. The van der Waals surface area contributed by atoms with Crippen LogP contribution in [0.25, 0.3) is 0 Å². The van der Waals surface area contributed by atoms with Crippen LogP contribution in [0.5, 0.6) is 5.75 Å². The number of rotatable bonds is 4. The van der Waals surface area contributed by atoms with Crippen LogP contribution in [0.1, 0.15) is 30.4 Å². The Morgan fingerprint density at radius 2 is 2.11 bits per heavy atom. The lowest BCUT2D eigenvalue weighted by atomic mass is 9.87. The summed E-state index contributed by atoms with van der Waals surface area (Å²) in [6.07, 6.45) is 8.93. The molecule has 1 aromatic carbocycles. The van der Waals surface area contributed by atoms with Crippen LogP contribution < -0.4 is 20.5 Å². The summed E-state index contributed by atoms with van der Waals surface area (Å²) in [4.78, 5) is 18.9. The molecule has 6 nitrogen and oxygen atoms in total. The van der Waals surface area contributed by atoms with Gasteiger partial charge in [-0.1, -0.05) is 6.07 Å². The van der Waals surface area contributed by atoms with Gasteiger partial charge in [0.25, 0.3) is 5.56 Å². The van der Waals surface area contributed by atoms with Crippen molar-refractivity contribution in [3.05, 3.63) is 52.1 Å². The van der Waals surface area contributed by atoms with E-state index in [0.717, 1.165) is 50.9 Å². The van der Waals surface area contributed by atoms with E-state index in [0.29, 0.717) is 17.9 Å². The second-order valence-electron chi connectivity index (χ2n) is 7.69. The fraction of sp³-hybridized carbons (Fsp3) is 0.524. The summed E-state index contributed by atoms with van der Waals surface area (Å²) >= 11 is 0. The molecule has 1 aliphatic carbocycles. The summed E-state index contributed by atoms with van der Waals surface area (Å²) in [7, 11) is 3.50. The zero-order chi connectivity index (χ0) is 18.8. The molecule has 1 aromatic heterocycles. The lowest BCUT2D eigenvalue weighted by Crippen LogP contribution is -2.51. The van der Waals surface area contributed by atoms with Gasteiger partial charge in [-0.2, -0.15) is 0 Å². The maximum Gasteiger partial charge on any atom is 0.293 e. The largest absolute Gasteiger partial charge is 0.497 e. The monoisotopic (exact) mass is 368 g/mol. The van der Waals surface area contributed by atoms with E-state index >= 15 is 0 Å². The van der Waals surface area contributed by atoms with Gasteiger partial charge in [0.15, 0.2) is 5.82 Å². The Morgan fingerprint density at radius 3 is 2.96 bits per heavy atom. The number of aryl methyl sites for hydroxylation is 2. The van der Waals surface area contributed by atoms with E-state index in [4.69, 9.17) is 4.74 Å². The summed E-state index contributed by atoms with van der Waals surface area (Å²) in [5.74, 6) is 1.51. The Morgan fingerprint density at radius 1 is 1.22 bits per heavy atom. The molecule has 27 heavy (non-hydrogen) atoms. The normalized spacial score (nSPS) is 22.4. The number of piperidine rings is 1. The van der Waals surface area contributed by atoms with Crippen LogP contribution in [-0.4, -0.2) is 41.8 Å². The summed E-state index contributed by atoms with van der Waals surface area (Å²) in [5.41, 5.74) is 2.82. The summed E-state index contributed by atoms with van der Waals surface area (Å²) < 4.78 is 6.99. The average molecular weight is 368 g/mol. The van der Waals surface area contributed by atoms with Gasteiger partial charge in [-0.05, 0) is 55.4 Å². The minimum absolute atomic E-state index is 0.0168. The molecule has 6 heteroatoms. The average Bonchev–Trinajstić information content (AvgIpc) is 2.69. The van der Waals surface area contributed by atoms with Gasteiger partial charge >= 0.3 is 0 Å². The highest BCUT2D eigenvalue weighted by atomic mass is 16.5. The smallest absolute Gasteiger partial charge is 0.293 e. The molecule has 0 spiro atoms. The van der Waals surface area contributed by atoms with Crippen molar-refractivity contribution in [1.29, 1.82) is 0 Å². The molecular weight excluding hydrogens is 340 g/mol. The van der Waals surface area contributed by atoms with Crippen LogP contribution in [0.4, 0.5) is 5.82 Å². The second kappa shape index (κ2) is 7.72. The topological polar surface area (TPSA) is 59.4 Å². The molecule has 0 unspecified atom stereocenters. The van der Waals surface area contributed by atoms with Crippen LogP contribution >= 0.6 is 0 Å². The standard InChI is InChI=1S/C21H28N4O2/c1-24-11-9-22-20(21(24)26)25-10-3-4-18(14-25)23-17-7-5-15-6-8-19(27-2)13-16(15)12-17/h6,8-9,11,13,17-18,23H,3-5,7,10,12,14H2,1-2H3/t17-,18+/m0/s1. The molecule has 1 saturated heterocycles.